The van der Waals surface area contributed by atoms with Gasteiger partial charge in [0.2, 0.25) is 0 Å². The second-order valence-corrected chi connectivity index (χ2v) is 11.1. The molecule has 2 rings (SSSR count). The predicted octanol–water partition coefficient (Wildman–Crippen LogP) is 7.14. The van der Waals surface area contributed by atoms with Crippen LogP contribution in [0.1, 0.15) is 46.2 Å². The van der Waals surface area contributed by atoms with E-state index in [0.29, 0.717) is 5.92 Å². The van der Waals surface area contributed by atoms with Gasteiger partial charge >= 0.3 is 0 Å². The zero-order valence-corrected chi connectivity index (χ0v) is 19.4. The molecule has 142 valence electrons. The lowest BCUT2D eigenvalue weighted by Gasteiger charge is -2.22. The Kier molecular flexibility index (Phi) is 7.12. The van der Waals surface area contributed by atoms with Crippen molar-refractivity contribution in [2.75, 3.05) is 26.7 Å². The summed E-state index contributed by atoms with van der Waals surface area (Å²) in [5, 5.41) is 0. The molecule has 0 aromatic heterocycles. The first-order chi connectivity index (χ1) is 12.1. The standard InChI is InChI=1S/C22H32O2P2/c1-14-12-21(23-25(6)7)16(3)10-19(14)18(5)20-11-17(4)22(13-15(20)2)24-26(8)9/h10-13,18H,1-9H3. The monoisotopic (exact) mass is 390 g/mol. The van der Waals surface area contributed by atoms with Crippen LogP contribution in [0.4, 0.5) is 0 Å². The molecule has 0 bridgehead atoms. The maximum atomic E-state index is 6.01. The molecule has 4 heteroatoms. The maximum Gasteiger partial charge on any atom is 0.126 e. The SMILES string of the molecule is Cc1cc(C(C)c2cc(C)c(OP(C)C)cc2C)c(C)cc1OP(C)C. The van der Waals surface area contributed by atoms with Crippen LogP contribution in [-0.4, -0.2) is 26.7 Å². The number of rotatable bonds is 6. The minimum Gasteiger partial charge on any atom is -0.474 e. The Bertz CT molecular complexity index is 717. The lowest BCUT2D eigenvalue weighted by Crippen LogP contribution is -2.04. The Hall–Kier alpha value is -1.10. The molecule has 26 heavy (non-hydrogen) atoms. The highest BCUT2D eigenvalue weighted by Crippen LogP contribution is 2.39. The van der Waals surface area contributed by atoms with Gasteiger partial charge in [-0.2, -0.15) is 0 Å². The lowest BCUT2D eigenvalue weighted by molar-refractivity contribution is 0.614. The van der Waals surface area contributed by atoms with Gasteiger partial charge in [0.05, 0.1) is 16.3 Å². The van der Waals surface area contributed by atoms with Crippen molar-refractivity contribution in [3.63, 3.8) is 0 Å². The van der Waals surface area contributed by atoms with Crippen molar-refractivity contribution in [1.29, 1.82) is 0 Å². The molecule has 2 aromatic carbocycles. The van der Waals surface area contributed by atoms with Gasteiger partial charge in [0.1, 0.15) is 11.5 Å². The smallest absolute Gasteiger partial charge is 0.126 e. The summed E-state index contributed by atoms with van der Waals surface area (Å²) < 4.78 is 12.0. The molecule has 0 atom stereocenters. The summed E-state index contributed by atoms with van der Waals surface area (Å²) in [5.41, 5.74) is 7.75. The highest BCUT2D eigenvalue weighted by atomic mass is 31.1. The Morgan fingerprint density at radius 3 is 1.27 bits per heavy atom. The Labute approximate surface area is 162 Å². The average molecular weight is 390 g/mol. The fourth-order valence-electron chi connectivity index (χ4n) is 3.31. The van der Waals surface area contributed by atoms with Crippen LogP contribution in [0.15, 0.2) is 24.3 Å². The van der Waals surface area contributed by atoms with E-state index in [-0.39, 0.29) is 0 Å². The predicted molar refractivity (Wildman–Crippen MR) is 118 cm³/mol. The first-order valence-corrected chi connectivity index (χ1v) is 13.3. The molecule has 2 nitrogen and oxygen atoms in total. The van der Waals surface area contributed by atoms with Crippen LogP contribution in [0.5, 0.6) is 11.5 Å². The quantitative estimate of drug-likeness (QED) is 0.488. The van der Waals surface area contributed by atoms with Gasteiger partial charge in [0.25, 0.3) is 0 Å². The first kappa shape index (κ1) is 21.2. The largest absolute Gasteiger partial charge is 0.474 e. The van der Waals surface area contributed by atoms with Gasteiger partial charge < -0.3 is 9.05 Å². The van der Waals surface area contributed by atoms with Gasteiger partial charge in [0.15, 0.2) is 0 Å². The molecule has 0 spiro atoms. The van der Waals surface area contributed by atoms with Crippen molar-refractivity contribution in [3.8, 4) is 11.5 Å². The number of benzene rings is 2. The third kappa shape index (κ3) is 4.99. The first-order valence-electron chi connectivity index (χ1n) is 9.03. The van der Waals surface area contributed by atoms with Crippen LogP contribution in [0, 0.1) is 27.7 Å². The van der Waals surface area contributed by atoms with Crippen LogP contribution in [-0.2, 0) is 0 Å². The number of hydrogen-bond donors (Lipinski definition) is 0. The minimum atomic E-state index is -0.407. The Balaban J connectivity index is 2.41. The molecule has 0 fully saturated rings. The maximum absolute atomic E-state index is 6.01. The molecule has 0 saturated carbocycles. The van der Waals surface area contributed by atoms with E-state index < -0.39 is 16.3 Å². The summed E-state index contributed by atoms with van der Waals surface area (Å²) in [6.07, 6.45) is 0. The van der Waals surface area contributed by atoms with Crippen LogP contribution < -0.4 is 9.05 Å². The summed E-state index contributed by atoms with van der Waals surface area (Å²) in [6.45, 7) is 19.5. The van der Waals surface area contributed by atoms with Gasteiger partial charge in [-0.15, -0.1) is 0 Å². The van der Waals surface area contributed by atoms with Crippen LogP contribution in [0.3, 0.4) is 0 Å². The summed E-state index contributed by atoms with van der Waals surface area (Å²) in [4.78, 5) is 0. The van der Waals surface area contributed by atoms with Gasteiger partial charge in [-0.3, -0.25) is 0 Å². The summed E-state index contributed by atoms with van der Waals surface area (Å²) >= 11 is 0. The van der Waals surface area contributed by atoms with Crippen molar-refractivity contribution in [2.45, 2.75) is 40.5 Å². The van der Waals surface area contributed by atoms with E-state index in [0.717, 1.165) is 11.5 Å². The fraction of sp³-hybridized carbons (Fsp3) is 0.455. The fourth-order valence-corrected chi connectivity index (χ4v) is 4.49. The molecular formula is C22H32O2P2. The zero-order chi connectivity index (χ0) is 19.6. The zero-order valence-electron chi connectivity index (χ0n) is 17.6. The van der Waals surface area contributed by atoms with Crippen LogP contribution >= 0.6 is 16.3 Å². The van der Waals surface area contributed by atoms with Crippen molar-refractivity contribution in [2.24, 2.45) is 0 Å². The van der Waals surface area contributed by atoms with E-state index >= 15 is 0 Å². The van der Waals surface area contributed by atoms with Crippen molar-refractivity contribution >= 4 is 16.3 Å². The minimum absolute atomic E-state index is 0.338. The Morgan fingerprint density at radius 2 is 0.962 bits per heavy atom. The molecule has 0 radical (unpaired) electrons. The third-order valence-electron chi connectivity index (χ3n) is 4.62. The van der Waals surface area contributed by atoms with Crippen molar-refractivity contribution < 1.29 is 9.05 Å². The molecule has 0 N–H and O–H groups in total. The summed E-state index contributed by atoms with van der Waals surface area (Å²) in [5.74, 6) is 2.38. The molecule has 0 heterocycles. The van der Waals surface area contributed by atoms with Crippen LogP contribution in [0.25, 0.3) is 0 Å². The molecule has 0 aliphatic heterocycles. The summed E-state index contributed by atoms with van der Waals surface area (Å²) in [7, 11) is -0.814. The van der Waals surface area contributed by atoms with Gasteiger partial charge in [-0.05, 0) is 99.9 Å². The third-order valence-corrected chi connectivity index (χ3v) is 5.75. The molecule has 0 unspecified atom stereocenters. The van der Waals surface area contributed by atoms with Gasteiger partial charge in [-0.25, -0.2) is 0 Å². The molecule has 0 amide bonds. The molecule has 0 aliphatic carbocycles. The van der Waals surface area contributed by atoms with E-state index in [1.165, 1.54) is 33.4 Å². The van der Waals surface area contributed by atoms with Gasteiger partial charge in [-0.1, -0.05) is 19.1 Å². The topological polar surface area (TPSA) is 18.5 Å². The van der Waals surface area contributed by atoms with Crippen molar-refractivity contribution in [3.05, 3.63) is 57.6 Å². The molecular weight excluding hydrogens is 358 g/mol. The van der Waals surface area contributed by atoms with E-state index in [9.17, 15) is 0 Å². The van der Waals surface area contributed by atoms with Crippen molar-refractivity contribution in [1.82, 2.24) is 0 Å². The van der Waals surface area contributed by atoms with E-state index in [4.69, 9.17) is 9.05 Å². The second-order valence-electron chi connectivity index (χ2n) is 7.48. The van der Waals surface area contributed by atoms with E-state index in [1.54, 1.807) is 0 Å². The Morgan fingerprint density at radius 1 is 0.615 bits per heavy atom. The molecule has 2 aromatic rings. The normalized spacial score (nSPS) is 11.5. The average Bonchev–Trinajstić information content (AvgIpc) is 2.52. The lowest BCUT2D eigenvalue weighted by atomic mass is 9.86. The molecule has 0 saturated heterocycles. The molecule has 0 aliphatic rings. The number of hydrogen-bond acceptors (Lipinski definition) is 2. The number of aryl methyl sites for hydroxylation is 4. The highest BCUT2D eigenvalue weighted by molar-refractivity contribution is 7.51. The van der Waals surface area contributed by atoms with E-state index in [1.807, 2.05) is 0 Å². The van der Waals surface area contributed by atoms with E-state index in [2.05, 4.69) is 85.5 Å². The second kappa shape index (κ2) is 8.73. The van der Waals surface area contributed by atoms with Crippen LogP contribution in [0.2, 0.25) is 0 Å². The summed E-state index contributed by atoms with van der Waals surface area (Å²) in [6, 6.07) is 8.99. The highest BCUT2D eigenvalue weighted by Gasteiger charge is 2.18. The van der Waals surface area contributed by atoms with Gasteiger partial charge in [0, 0.05) is 5.92 Å².